The Hall–Kier alpha value is -1.64. The third kappa shape index (κ3) is 6.68. The van der Waals surface area contributed by atoms with Crippen molar-refractivity contribution in [3.05, 3.63) is 28.3 Å². The van der Waals surface area contributed by atoms with Crippen LogP contribution in [0.25, 0.3) is 0 Å². The second-order valence-electron chi connectivity index (χ2n) is 9.26. The van der Waals surface area contributed by atoms with E-state index in [0.717, 1.165) is 62.7 Å². The highest BCUT2D eigenvalue weighted by atomic mass is 35.5. The van der Waals surface area contributed by atoms with Crippen molar-refractivity contribution in [1.29, 1.82) is 0 Å². The molecule has 1 saturated carbocycles. The first-order valence-corrected chi connectivity index (χ1v) is 13.8. The Morgan fingerprint density at radius 1 is 1.19 bits per heavy atom. The van der Waals surface area contributed by atoms with Crippen molar-refractivity contribution in [2.75, 3.05) is 37.0 Å². The van der Waals surface area contributed by atoms with Crippen LogP contribution in [0.1, 0.15) is 50.2 Å². The molecule has 178 valence electrons. The Bertz CT molecular complexity index is 960. The van der Waals surface area contributed by atoms with Crippen molar-refractivity contribution < 1.29 is 18.0 Å². The first-order valence-electron chi connectivity index (χ1n) is 11.3. The van der Waals surface area contributed by atoms with Gasteiger partial charge in [0.25, 0.3) is 0 Å². The van der Waals surface area contributed by atoms with E-state index in [1.54, 1.807) is 6.07 Å². The number of anilines is 1. The summed E-state index contributed by atoms with van der Waals surface area (Å²) >= 11 is 6.32. The molecule has 3 rings (SSSR count). The number of carbonyl (C=O) groups is 2. The molecule has 2 fully saturated rings. The maximum Gasteiger partial charge on any atom is 0.226 e. The number of carbonyl (C=O) groups excluding carboxylic acids is 2. The van der Waals surface area contributed by atoms with Crippen molar-refractivity contribution in [2.45, 2.75) is 58.5 Å². The average Bonchev–Trinajstić information content (AvgIpc) is 3.24. The Balaban J connectivity index is 1.62. The van der Waals surface area contributed by atoms with Crippen LogP contribution in [0.2, 0.25) is 5.02 Å². The number of sulfone groups is 1. The third-order valence-electron chi connectivity index (χ3n) is 6.55. The minimum absolute atomic E-state index is 0.0887. The monoisotopic (exact) mass is 483 g/mol. The molecule has 1 aliphatic heterocycles. The van der Waals surface area contributed by atoms with E-state index in [1.807, 2.05) is 17.9 Å². The number of halogens is 1. The highest BCUT2D eigenvalue weighted by molar-refractivity contribution is 7.90. The molecule has 0 radical (unpaired) electrons. The van der Waals surface area contributed by atoms with Gasteiger partial charge in [0.2, 0.25) is 11.8 Å². The van der Waals surface area contributed by atoms with Gasteiger partial charge in [-0.05, 0) is 49.9 Å². The highest BCUT2D eigenvalue weighted by Gasteiger charge is 2.33. The van der Waals surface area contributed by atoms with Crippen LogP contribution < -0.4 is 5.32 Å². The molecular weight excluding hydrogens is 450 g/mol. The quantitative estimate of drug-likeness (QED) is 0.643. The van der Waals surface area contributed by atoms with Gasteiger partial charge < -0.3 is 10.2 Å². The van der Waals surface area contributed by atoms with E-state index < -0.39 is 9.84 Å². The average molecular weight is 484 g/mol. The summed E-state index contributed by atoms with van der Waals surface area (Å²) in [5, 5.41) is 3.32. The highest BCUT2D eigenvalue weighted by Crippen LogP contribution is 2.29. The topological polar surface area (TPSA) is 86.8 Å². The van der Waals surface area contributed by atoms with Gasteiger partial charge in [-0.2, -0.15) is 0 Å². The minimum atomic E-state index is -3.20. The van der Waals surface area contributed by atoms with Gasteiger partial charge in [-0.3, -0.25) is 14.5 Å². The molecule has 0 aromatic heterocycles. The fourth-order valence-corrected chi connectivity index (χ4v) is 5.47. The van der Waals surface area contributed by atoms with E-state index in [9.17, 15) is 18.0 Å². The molecule has 1 heterocycles. The smallest absolute Gasteiger partial charge is 0.226 e. The zero-order valence-electron chi connectivity index (χ0n) is 19.2. The molecule has 2 amide bonds. The summed E-state index contributed by atoms with van der Waals surface area (Å²) in [4.78, 5) is 29.4. The molecule has 7 nitrogen and oxygen atoms in total. The van der Waals surface area contributed by atoms with Gasteiger partial charge in [0.1, 0.15) is 9.84 Å². The normalized spacial score (nSPS) is 20.5. The number of piperazine rings is 1. The Morgan fingerprint density at radius 2 is 1.88 bits per heavy atom. The molecule has 1 N–H and O–H groups in total. The number of hydrogen-bond donors (Lipinski definition) is 1. The maximum absolute atomic E-state index is 12.8. The largest absolute Gasteiger partial charge is 0.337 e. The molecule has 0 spiro atoms. The minimum Gasteiger partial charge on any atom is -0.337 e. The van der Waals surface area contributed by atoms with Crippen molar-refractivity contribution >= 4 is 38.9 Å². The second kappa shape index (κ2) is 10.5. The molecule has 9 heteroatoms. The molecule has 2 aliphatic rings. The van der Waals surface area contributed by atoms with Gasteiger partial charge in [0.15, 0.2) is 0 Å². The summed E-state index contributed by atoms with van der Waals surface area (Å²) in [6.45, 7) is 7.03. The summed E-state index contributed by atoms with van der Waals surface area (Å²) < 4.78 is 22.6. The predicted molar refractivity (Wildman–Crippen MR) is 128 cm³/mol. The number of nitrogens with zero attached hydrogens (tertiary/aromatic N) is 2. The van der Waals surface area contributed by atoms with E-state index in [1.165, 1.54) is 0 Å². The van der Waals surface area contributed by atoms with Crippen LogP contribution >= 0.6 is 11.6 Å². The van der Waals surface area contributed by atoms with Crippen molar-refractivity contribution in [3.8, 4) is 0 Å². The molecule has 32 heavy (non-hydrogen) atoms. The first-order chi connectivity index (χ1) is 15.0. The number of amides is 2. The SMILES string of the molecule is Cc1c(CN2CCN(C(=O)C3CCCC3)C(C)C2)cc(Cl)cc1NC(=O)CCS(C)(=O)=O. The molecule has 1 atom stereocenters. The zero-order chi connectivity index (χ0) is 23.5. The van der Waals surface area contributed by atoms with Gasteiger partial charge in [0, 0.05) is 61.5 Å². The van der Waals surface area contributed by atoms with Crippen LogP contribution in [-0.4, -0.2) is 67.7 Å². The second-order valence-corrected chi connectivity index (χ2v) is 12.0. The lowest BCUT2D eigenvalue weighted by Crippen LogP contribution is -2.54. The number of benzene rings is 1. The van der Waals surface area contributed by atoms with Gasteiger partial charge in [0.05, 0.1) is 5.75 Å². The van der Waals surface area contributed by atoms with E-state index >= 15 is 0 Å². The van der Waals surface area contributed by atoms with Gasteiger partial charge in [-0.15, -0.1) is 0 Å². The van der Waals surface area contributed by atoms with Crippen LogP contribution in [0.5, 0.6) is 0 Å². The van der Waals surface area contributed by atoms with Gasteiger partial charge in [-0.25, -0.2) is 8.42 Å². The van der Waals surface area contributed by atoms with Crippen LogP contribution in [-0.2, 0) is 26.0 Å². The summed E-state index contributed by atoms with van der Waals surface area (Å²) in [7, 11) is -3.20. The fourth-order valence-electron chi connectivity index (χ4n) is 4.67. The maximum atomic E-state index is 12.8. The first kappa shape index (κ1) is 25.0. The Kier molecular flexibility index (Phi) is 8.22. The zero-order valence-corrected chi connectivity index (χ0v) is 20.8. The summed E-state index contributed by atoms with van der Waals surface area (Å²) in [5.74, 6) is -0.0207. The number of nitrogens with one attached hydrogen (secondary N) is 1. The molecule has 1 aromatic carbocycles. The van der Waals surface area contributed by atoms with Gasteiger partial charge in [-0.1, -0.05) is 24.4 Å². The van der Waals surface area contributed by atoms with Crippen molar-refractivity contribution in [1.82, 2.24) is 9.80 Å². The Labute approximate surface area is 196 Å². The van der Waals surface area contributed by atoms with Crippen LogP contribution in [0.4, 0.5) is 5.69 Å². The number of hydrogen-bond acceptors (Lipinski definition) is 5. The lowest BCUT2D eigenvalue weighted by Gasteiger charge is -2.41. The number of rotatable bonds is 7. The molecule has 1 aliphatic carbocycles. The lowest BCUT2D eigenvalue weighted by atomic mass is 10.0. The molecule has 0 bridgehead atoms. The van der Waals surface area contributed by atoms with E-state index in [-0.39, 0.29) is 30.0 Å². The summed E-state index contributed by atoms with van der Waals surface area (Å²) in [5.41, 5.74) is 2.53. The van der Waals surface area contributed by atoms with E-state index in [0.29, 0.717) is 23.2 Å². The van der Waals surface area contributed by atoms with Crippen LogP contribution in [0.15, 0.2) is 12.1 Å². The standard InChI is InChI=1S/C23H34ClN3O4S/c1-16-14-26(9-10-27(16)23(29)18-6-4-5-7-18)15-19-12-20(24)13-21(17(19)2)25-22(28)8-11-32(3,30)31/h12-13,16,18H,4-11,14-15H2,1-3H3,(H,25,28). The Morgan fingerprint density at radius 3 is 2.50 bits per heavy atom. The van der Waals surface area contributed by atoms with Crippen LogP contribution in [0, 0.1) is 12.8 Å². The van der Waals surface area contributed by atoms with E-state index in [2.05, 4.69) is 17.1 Å². The molecular formula is C23H34ClN3O4S. The van der Waals surface area contributed by atoms with Crippen molar-refractivity contribution in [2.24, 2.45) is 5.92 Å². The van der Waals surface area contributed by atoms with E-state index in [4.69, 9.17) is 11.6 Å². The van der Waals surface area contributed by atoms with Gasteiger partial charge >= 0.3 is 0 Å². The fraction of sp³-hybridized carbons (Fsp3) is 0.652. The summed E-state index contributed by atoms with van der Waals surface area (Å²) in [6, 6.07) is 3.76. The molecule has 1 unspecified atom stereocenters. The molecule has 1 saturated heterocycles. The predicted octanol–water partition coefficient (Wildman–Crippen LogP) is 3.24. The summed E-state index contributed by atoms with van der Waals surface area (Å²) in [6.07, 6.45) is 5.38. The molecule has 1 aromatic rings. The lowest BCUT2D eigenvalue weighted by molar-refractivity contribution is -0.140. The third-order valence-corrected chi connectivity index (χ3v) is 7.71. The van der Waals surface area contributed by atoms with Crippen molar-refractivity contribution in [3.63, 3.8) is 0 Å². The van der Waals surface area contributed by atoms with Crippen LogP contribution in [0.3, 0.4) is 0 Å².